The first-order valence-corrected chi connectivity index (χ1v) is 4.07. The van der Waals surface area contributed by atoms with Gasteiger partial charge in [-0.15, -0.1) is 6.58 Å². The van der Waals surface area contributed by atoms with E-state index in [0.29, 0.717) is 12.5 Å². The van der Waals surface area contributed by atoms with Crippen LogP contribution in [0, 0.1) is 11.8 Å². The zero-order chi connectivity index (χ0) is 8.27. The largest absolute Gasteiger partial charge is 0.466 e. The smallest absolute Gasteiger partial charge is 0.309 e. The second-order valence-corrected chi connectivity index (χ2v) is 2.88. The van der Waals surface area contributed by atoms with Gasteiger partial charge in [0, 0.05) is 0 Å². The van der Waals surface area contributed by atoms with E-state index < -0.39 is 0 Å². The highest BCUT2D eigenvalue weighted by Gasteiger charge is 2.42. The van der Waals surface area contributed by atoms with Crippen LogP contribution in [0.15, 0.2) is 12.7 Å². The van der Waals surface area contributed by atoms with Gasteiger partial charge in [-0.05, 0) is 25.7 Å². The number of hydrogen-bond acceptors (Lipinski definition) is 2. The minimum absolute atomic E-state index is 0.0284. The highest BCUT2D eigenvalue weighted by Crippen LogP contribution is 2.42. The van der Waals surface area contributed by atoms with Gasteiger partial charge in [0.25, 0.3) is 0 Å². The highest BCUT2D eigenvalue weighted by molar-refractivity contribution is 5.75. The second kappa shape index (κ2) is 3.56. The predicted molar refractivity (Wildman–Crippen MR) is 43.0 cm³/mol. The summed E-state index contributed by atoms with van der Waals surface area (Å²) in [6.45, 7) is 5.96. The quantitative estimate of drug-likeness (QED) is 0.455. The van der Waals surface area contributed by atoms with Crippen molar-refractivity contribution in [3.8, 4) is 0 Å². The topological polar surface area (TPSA) is 26.3 Å². The fourth-order valence-electron chi connectivity index (χ4n) is 1.26. The van der Waals surface area contributed by atoms with Crippen LogP contribution in [-0.4, -0.2) is 12.6 Å². The van der Waals surface area contributed by atoms with E-state index in [2.05, 4.69) is 6.58 Å². The Kier molecular flexibility index (Phi) is 2.69. The fourth-order valence-corrected chi connectivity index (χ4v) is 1.26. The molecule has 2 nitrogen and oxygen atoms in total. The molecule has 0 radical (unpaired) electrons. The maximum atomic E-state index is 11.0. The average molecular weight is 154 g/mol. The van der Waals surface area contributed by atoms with E-state index in [9.17, 15) is 4.79 Å². The number of rotatable bonds is 4. The molecule has 11 heavy (non-hydrogen) atoms. The van der Waals surface area contributed by atoms with Gasteiger partial charge < -0.3 is 4.74 Å². The number of carbonyl (C=O) groups excluding carboxylic acids is 1. The van der Waals surface area contributed by atoms with Crippen LogP contribution in [0.3, 0.4) is 0 Å². The van der Waals surface area contributed by atoms with Crippen molar-refractivity contribution in [2.75, 3.05) is 6.61 Å². The number of allylic oxidation sites excluding steroid dienone is 1. The molecule has 0 bridgehead atoms. The molecule has 2 atom stereocenters. The van der Waals surface area contributed by atoms with Crippen LogP contribution < -0.4 is 0 Å². The van der Waals surface area contributed by atoms with Gasteiger partial charge in [0.15, 0.2) is 0 Å². The summed E-state index contributed by atoms with van der Waals surface area (Å²) in [7, 11) is 0. The third-order valence-corrected chi connectivity index (χ3v) is 1.98. The van der Waals surface area contributed by atoms with E-state index in [0.717, 1.165) is 12.8 Å². The van der Waals surface area contributed by atoms with Crippen molar-refractivity contribution in [1.82, 2.24) is 0 Å². The van der Waals surface area contributed by atoms with Gasteiger partial charge in [0.2, 0.25) is 0 Å². The lowest BCUT2D eigenvalue weighted by Gasteiger charge is -1.98. The van der Waals surface area contributed by atoms with Crippen LogP contribution in [0.4, 0.5) is 0 Å². The molecule has 2 heteroatoms. The summed E-state index contributed by atoms with van der Waals surface area (Å²) in [4.78, 5) is 11.0. The Balaban J connectivity index is 2.20. The lowest BCUT2D eigenvalue weighted by atomic mass is 10.2. The first-order valence-electron chi connectivity index (χ1n) is 4.07. The summed E-state index contributed by atoms with van der Waals surface area (Å²) in [6.07, 6.45) is 3.80. The molecule has 0 saturated heterocycles. The van der Waals surface area contributed by atoms with Gasteiger partial charge in [0.1, 0.15) is 0 Å². The first-order chi connectivity index (χ1) is 5.29. The van der Waals surface area contributed by atoms with E-state index >= 15 is 0 Å². The van der Waals surface area contributed by atoms with E-state index in [1.807, 2.05) is 13.0 Å². The zero-order valence-electron chi connectivity index (χ0n) is 6.88. The minimum atomic E-state index is -0.0284. The summed E-state index contributed by atoms with van der Waals surface area (Å²) >= 11 is 0. The molecule has 0 heterocycles. The fraction of sp³-hybridized carbons (Fsp3) is 0.667. The Morgan fingerprint density at radius 2 is 2.55 bits per heavy atom. The number of carbonyl (C=O) groups is 1. The molecule has 0 N–H and O–H groups in total. The standard InChI is InChI=1S/C9H14O2/c1-3-5-7-6-8(7)9(10)11-4-2/h3,7-8H,1,4-6H2,2H3/t7-,8-/m1/s1. The van der Waals surface area contributed by atoms with Crippen molar-refractivity contribution in [1.29, 1.82) is 0 Å². The molecule has 0 aromatic rings. The molecule has 0 spiro atoms. The lowest BCUT2D eigenvalue weighted by molar-refractivity contribution is -0.145. The SMILES string of the molecule is C=CC[C@@H]1C[C@H]1C(=O)OCC. The van der Waals surface area contributed by atoms with Crippen LogP contribution in [0.2, 0.25) is 0 Å². The van der Waals surface area contributed by atoms with E-state index in [-0.39, 0.29) is 11.9 Å². The van der Waals surface area contributed by atoms with Gasteiger partial charge >= 0.3 is 5.97 Å². The van der Waals surface area contributed by atoms with Gasteiger partial charge in [-0.3, -0.25) is 4.79 Å². The molecular weight excluding hydrogens is 140 g/mol. The molecule has 1 fully saturated rings. The summed E-state index contributed by atoms with van der Waals surface area (Å²) in [5.41, 5.74) is 0. The van der Waals surface area contributed by atoms with Crippen LogP contribution in [0.25, 0.3) is 0 Å². The maximum absolute atomic E-state index is 11.0. The van der Waals surface area contributed by atoms with Crippen molar-refractivity contribution < 1.29 is 9.53 Å². The van der Waals surface area contributed by atoms with Crippen molar-refractivity contribution in [3.63, 3.8) is 0 Å². The van der Waals surface area contributed by atoms with Crippen LogP contribution in [0.5, 0.6) is 0 Å². The zero-order valence-corrected chi connectivity index (χ0v) is 6.88. The highest BCUT2D eigenvalue weighted by atomic mass is 16.5. The summed E-state index contributed by atoms with van der Waals surface area (Å²) in [5, 5.41) is 0. The molecule has 1 aliphatic carbocycles. The van der Waals surface area contributed by atoms with Crippen LogP contribution in [0.1, 0.15) is 19.8 Å². The van der Waals surface area contributed by atoms with Gasteiger partial charge in [-0.2, -0.15) is 0 Å². The predicted octanol–water partition coefficient (Wildman–Crippen LogP) is 1.76. The van der Waals surface area contributed by atoms with Crippen molar-refractivity contribution >= 4 is 5.97 Å². The Morgan fingerprint density at radius 3 is 3.09 bits per heavy atom. The monoisotopic (exact) mass is 154 g/mol. The van der Waals surface area contributed by atoms with Crippen LogP contribution >= 0.6 is 0 Å². The third-order valence-electron chi connectivity index (χ3n) is 1.98. The molecule has 0 amide bonds. The number of hydrogen-bond donors (Lipinski definition) is 0. The third kappa shape index (κ3) is 2.07. The van der Waals surface area contributed by atoms with Gasteiger partial charge in [-0.25, -0.2) is 0 Å². The molecule has 1 saturated carbocycles. The van der Waals surface area contributed by atoms with Crippen molar-refractivity contribution in [3.05, 3.63) is 12.7 Å². The van der Waals surface area contributed by atoms with Crippen molar-refractivity contribution in [2.24, 2.45) is 11.8 Å². The normalized spacial score (nSPS) is 27.7. The van der Waals surface area contributed by atoms with E-state index in [1.165, 1.54) is 0 Å². The van der Waals surface area contributed by atoms with Crippen molar-refractivity contribution in [2.45, 2.75) is 19.8 Å². The number of ether oxygens (including phenoxy) is 1. The van der Waals surface area contributed by atoms with Crippen LogP contribution in [-0.2, 0) is 9.53 Å². The van der Waals surface area contributed by atoms with E-state index in [1.54, 1.807) is 0 Å². The molecule has 0 aromatic carbocycles. The second-order valence-electron chi connectivity index (χ2n) is 2.88. The first kappa shape index (κ1) is 8.31. The minimum Gasteiger partial charge on any atom is -0.466 e. The Bertz CT molecular complexity index is 163. The molecule has 0 aliphatic heterocycles. The molecule has 0 unspecified atom stereocenters. The van der Waals surface area contributed by atoms with Gasteiger partial charge in [-0.1, -0.05) is 6.08 Å². The average Bonchev–Trinajstić information content (AvgIpc) is 2.69. The Labute approximate surface area is 67.2 Å². The summed E-state index contributed by atoms with van der Waals surface area (Å²) in [6, 6.07) is 0. The maximum Gasteiger partial charge on any atom is 0.309 e. The Morgan fingerprint density at radius 1 is 1.82 bits per heavy atom. The molecule has 1 aliphatic rings. The lowest BCUT2D eigenvalue weighted by Crippen LogP contribution is -2.07. The molecular formula is C9H14O2. The molecule has 1 rings (SSSR count). The molecule has 62 valence electrons. The summed E-state index contributed by atoms with van der Waals surface area (Å²) < 4.78 is 4.87. The molecule has 0 aromatic heterocycles. The summed E-state index contributed by atoms with van der Waals surface area (Å²) in [5.74, 6) is 0.666. The van der Waals surface area contributed by atoms with Gasteiger partial charge in [0.05, 0.1) is 12.5 Å². The number of esters is 1. The Hall–Kier alpha value is -0.790. The van der Waals surface area contributed by atoms with E-state index in [4.69, 9.17) is 4.74 Å².